The van der Waals surface area contributed by atoms with Gasteiger partial charge in [0.1, 0.15) is 6.04 Å². The van der Waals surface area contributed by atoms with Crippen LogP contribution in [-0.4, -0.2) is 40.8 Å². The molecule has 2 aliphatic rings. The number of nitrogens with one attached hydrogen (secondary N) is 2. The molecule has 2 fully saturated rings. The normalized spacial score (nSPS) is 33.6. The van der Waals surface area contributed by atoms with Crippen molar-refractivity contribution in [2.45, 2.75) is 10.9 Å². The SMILES string of the molecule is O=C(O)C1CSC2(CNC2)N1. The average Bonchev–Trinajstić information content (AvgIpc) is 2.28. The van der Waals surface area contributed by atoms with E-state index in [2.05, 4.69) is 10.6 Å². The summed E-state index contributed by atoms with van der Waals surface area (Å²) in [6.07, 6.45) is 0. The second kappa shape index (κ2) is 2.36. The molecule has 11 heavy (non-hydrogen) atoms. The van der Waals surface area contributed by atoms with E-state index in [1.165, 1.54) is 0 Å². The molecule has 0 bridgehead atoms. The summed E-state index contributed by atoms with van der Waals surface area (Å²) in [6.45, 7) is 1.78. The van der Waals surface area contributed by atoms with Crippen LogP contribution in [0.2, 0.25) is 0 Å². The maximum Gasteiger partial charge on any atom is 0.321 e. The van der Waals surface area contributed by atoms with E-state index in [9.17, 15) is 4.79 Å². The highest BCUT2D eigenvalue weighted by atomic mass is 32.2. The van der Waals surface area contributed by atoms with Crippen molar-refractivity contribution in [2.24, 2.45) is 0 Å². The van der Waals surface area contributed by atoms with E-state index >= 15 is 0 Å². The predicted octanol–water partition coefficient (Wildman–Crippen LogP) is -0.924. The van der Waals surface area contributed by atoms with Gasteiger partial charge < -0.3 is 10.4 Å². The third-order valence-corrected chi connectivity index (χ3v) is 3.54. The lowest BCUT2D eigenvalue weighted by atomic mass is 10.1. The van der Waals surface area contributed by atoms with Gasteiger partial charge in [0.15, 0.2) is 0 Å². The quantitative estimate of drug-likeness (QED) is 0.480. The zero-order valence-corrected chi connectivity index (χ0v) is 6.78. The van der Waals surface area contributed by atoms with Gasteiger partial charge in [-0.1, -0.05) is 0 Å². The largest absolute Gasteiger partial charge is 0.480 e. The third kappa shape index (κ3) is 1.13. The van der Waals surface area contributed by atoms with E-state index in [0.29, 0.717) is 5.75 Å². The molecule has 3 N–H and O–H groups in total. The van der Waals surface area contributed by atoms with E-state index in [1.807, 2.05) is 0 Å². The Morgan fingerprint density at radius 1 is 1.64 bits per heavy atom. The highest BCUT2D eigenvalue weighted by Gasteiger charge is 2.46. The Kier molecular flexibility index (Phi) is 1.59. The monoisotopic (exact) mass is 174 g/mol. The molecule has 5 heteroatoms. The van der Waals surface area contributed by atoms with Gasteiger partial charge in [0.25, 0.3) is 0 Å². The number of carbonyl (C=O) groups is 1. The molecule has 0 amide bonds. The van der Waals surface area contributed by atoms with Crippen LogP contribution in [0.4, 0.5) is 0 Å². The topological polar surface area (TPSA) is 61.4 Å². The van der Waals surface area contributed by atoms with Crippen LogP contribution in [-0.2, 0) is 4.79 Å². The van der Waals surface area contributed by atoms with Crippen LogP contribution in [0.25, 0.3) is 0 Å². The predicted molar refractivity (Wildman–Crippen MR) is 42.6 cm³/mol. The highest BCUT2D eigenvalue weighted by Crippen LogP contribution is 2.33. The van der Waals surface area contributed by atoms with E-state index in [4.69, 9.17) is 5.11 Å². The number of carboxylic acids is 1. The summed E-state index contributed by atoms with van der Waals surface area (Å²) >= 11 is 1.71. The molecular formula is C6H10N2O2S. The van der Waals surface area contributed by atoms with E-state index in [-0.39, 0.29) is 10.9 Å². The van der Waals surface area contributed by atoms with Crippen molar-refractivity contribution in [2.75, 3.05) is 18.8 Å². The zero-order valence-electron chi connectivity index (χ0n) is 5.96. The van der Waals surface area contributed by atoms with Gasteiger partial charge in [-0.25, -0.2) is 0 Å². The van der Waals surface area contributed by atoms with Crippen LogP contribution >= 0.6 is 11.8 Å². The molecule has 0 aromatic carbocycles. The number of carboxylic acid groups (broad SMARTS) is 1. The van der Waals surface area contributed by atoms with Crippen molar-refractivity contribution in [1.82, 2.24) is 10.6 Å². The van der Waals surface area contributed by atoms with Gasteiger partial charge in [-0.2, -0.15) is 0 Å². The second-order valence-electron chi connectivity index (χ2n) is 2.94. The van der Waals surface area contributed by atoms with Crippen molar-refractivity contribution < 1.29 is 9.90 Å². The van der Waals surface area contributed by atoms with Gasteiger partial charge in [-0.15, -0.1) is 11.8 Å². The van der Waals surface area contributed by atoms with Gasteiger partial charge >= 0.3 is 5.97 Å². The first-order valence-corrected chi connectivity index (χ1v) is 4.56. The number of hydrogen-bond acceptors (Lipinski definition) is 4. The standard InChI is InChI=1S/C6H10N2O2S/c9-5(10)4-1-11-6(8-4)2-7-3-6/h4,7-8H,1-3H2,(H,9,10). The molecule has 1 spiro atoms. The molecule has 0 aromatic rings. The molecule has 0 aromatic heterocycles. The van der Waals surface area contributed by atoms with Crippen molar-refractivity contribution in [3.05, 3.63) is 0 Å². The van der Waals surface area contributed by atoms with Crippen LogP contribution in [0.3, 0.4) is 0 Å². The number of thioether (sulfide) groups is 1. The Bertz CT molecular complexity index is 193. The van der Waals surface area contributed by atoms with Crippen molar-refractivity contribution in [1.29, 1.82) is 0 Å². The van der Waals surface area contributed by atoms with Crippen LogP contribution in [0.15, 0.2) is 0 Å². The van der Waals surface area contributed by atoms with Crippen LogP contribution < -0.4 is 10.6 Å². The van der Waals surface area contributed by atoms with Gasteiger partial charge in [-0.05, 0) is 0 Å². The van der Waals surface area contributed by atoms with E-state index < -0.39 is 5.97 Å². The lowest BCUT2D eigenvalue weighted by Gasteiger charge is -2.38. The first-order valence-electron chi connectivity index (χ1n) is 3.57. The van der Waals surface area contributed by atoms with Crippen LogP contribution in [0, 0.1) is 0 Å². The molecule has 0 aliphatic carbocycles. The molecule has 1 unspecified atom stereocenters. The fourth-order valence-corrected chi connectivity index (χ4v) is 2.68. The molecule has 0 saturated carbocycles. The minimum Gasteiger partial charge on any atom is -0.480 e. The Balaban J connectivity index is 1.98. The van der Waals surface area contributed by atoms with Gasteiger partial charge in [-0.3, -0.25) is 10.1 Å². The second-order valence-corrected chi connectivity index (χ2v) is 4.35. The summed E-state index contributed by atoms with van der Waals surface area (Å²) in [5.41, 5.74) is 0. The number of rotatable bonds is 1. The molecule has 2 saturated heterocycles. The third-order valence-electron chi connectivity index (χ3n) is 2.08. The van der Waals surface area contributed by atoms with Crippen LogP contribution in [0.5, 0.6) is 0 Å². The van der Waals surface area contributed by atoms with E-state index in [1.54, 1.807) is 11.8 Å². The maximum atomic E-state index is 10.5. The van der Waals surface area contributed by atoms with Gasteiger partial charge in [0.2, 0.25) is 0 Å². The summed E-state index contributed by atoms with van der Waals surface area (Å²) in [5.74, 6) is -0.0434. The van der Waals surface area contributed by atoms with Gasteiger partial charge in [0.05, 0.1) is 4.87 Å². The fourth-order valence-electron chi connectivity index (χ4n) is 1.33. The maximum absolute atomic E-state index is 10.5. The van der Waals surface area contributed by atoms with Crippen molar-refractivity contribution >= 4 is 17.7 Å². The lowest BCUT2D eigenvalue weighted by Crippen LogP contribution is -2.64. The zero-order chi connectivity index (χ0) is 7.90. The summed E-state index contributed by atoms with van der Waals surface area (Å²) in [5, 5.41) is 14.9. The molecule has 2 heterocycles. The minimum atomic E-state index is -0.735. The van der Waals surface area contributed by atoms with Gasteiger partial charge in [0, 0.05) is 18.8 Å². The minimum absolute atomic E-state index is 0.0447. The lowest BCUT2D eigenvalue weighted by molar-refractivity contribution is -0.139. The summed E-state index contributed by atoms with van der Waals surface area (Å²) in [4.78, 5) is 10.6. The molecule has 2 aliphatic heterocycles. The first kappa shape index (κ1) is 7.39. The Hall–Kier alpha value is -0.260. The summed E-state index contributed by atoms with van der Waals surface area (Å²) in [7, 11) is 0. The Morgan fingerprint density at radius 2 is 2.36 bits per heavy atom. The summed E-state index contributed by atoms with van der Waals surface area (Å²) in [6, 6.07) is -0.345. The molecule has 62 valence electrons. The molecule has 1 atom stereocenters. The van der Waals surface area contributed by atoms with E-state index in [0.717, 1.165) is 13.1 Å². The summed E-state index contributed by atoms with van der Waals surface area (Å²) < 4.78 is 0. The van der Waals surface area contributed by atoms with Crippen LogP contribution in [0.1, 0.15) is 0 Å². The van der Waals surface area contributed by atoms with Crippen molar-refractivity contribution in [3.8, 4) is 0 Å². The molecule has 4 nitrogen and oxygen atoms in total. The number of hydrogen-bond donors (Lipinski definition) is 3. The molecular weight excluding hydrogens is 164 g/mol. The Labute approximate surface area is 68.7 Å². The fraction of sp³-hybridized carbons (Fsp3) is 0.833. The first-order chi connectivity index (χ1) is 5.22. The molecule has 0 radical (unpaired) electrons. The number of aliphatic carboxylic acids is 1. The smallest absolute Gasteiger partial charge is 0.321 e. The average molecular weight is 174 g/mol. The van der Waals surface area contributed by atoms with Crippen molar-refractivity contribution in [3.63, 3.8) is 0 Å². The highest BCUT2D eigenvalue weighted by molar-refractivity contribution is 8.01. The molecule has 2 rings (SSSR count). The Morgan fingerprint density at radius 3 is 2.64 bits per heavy atom.